The van der Waals surface area contributed by atoms with Crippen molar-refractivity contribution in [2.24, 2.45) is 5.14 Å². The second kappa shape index (κ2) is 7.12. The molecule has 3 N–H and O–H groups in total. The van der Waals surface area contributed by atoms with Crippen LogP contribution >= 0.6 is 0 Å². The number of benzene rings is 1. The van der Waals surface area contributed by atoms with Gasteiger partial charge in [-0.25, -0.2) is 13.6 Å². The van der Waals surface area contributed by atoms with E-state index in [9.17, 15) is 13.2 Å². The molecule has 0 atom stereocenters. The van der Waals surface area contributed by atoms with Crippen molar-refractivity contribution in [3.05, 3.63) is 47.7 Å². The third-order valence-corrected chi connectivity index (χ3v) is 4.01. The largest absolute Gasteiger partial charge is 0.457 e. The molecule has 0 saturated carbocycles. The topological polar surface area (TPSA) is 126 Å². The number of nitrogens with two attached hydrogens (primary N) is 1. The van der Waals surface area contributed by atoms with E-state index in [0.717, 1.165) is 0 Å². The van der Waals surface area contributed by atoms with Gasteiger partial charge in [0.25, 0.3) is 5.91 Å². The summed E-state index contributed by atoms with van der Waals surface area (Å²) in [7, 11) is -3.75. The van der Waals surface area contributed by atoms with E-state index in [4.69, 9.17) is 14.8 Å². The van der Waals surface area contributed by atoms with Crippen LogP contribution in [0.5, 0.6) is 0 Å². The summed E-state index contributed by atoms with van der Waals surface area (Å²) in [4.78, 5) is 11.7. The first-order valence-electron chi connectivity index (χ1n) is 6.98. The Morgan fingerprint density at radius 3 is 2.50 bits per heavy atom. The molecule has 0 unspecified atom stereocenters. The van der Waals surface area contributed by atoms with Crippen molar-refractivity contribution in [2.75, 3.05) is 6.54 Å². The molecular formula is C16H15N3O4S. The minimum Gasteiger partial charge on any atom is -0.457 e. The van der Waals surface area contributed by atoms with Crippen molar-refractivity contribution in [1.82, 2.24) is 5.32 Å². The lowest BCUT2D eigenvalue weighted by atomic mass is 10.2. The normalized spacial score (nSPS) is 11.8. The van der Waals surface area contributed by atoms with Gasteiger partial charge >= 0.3 is 0 Å². The number of carbonyl (C=O) groups is 1. The number of likely N-dealkylation sites (N-methyl/N-ethyl adjacent to an activating group) is 1. The van der Waals surface area contributed by atoms with Gasteiger partial charge in [-0.05, 0) is 43.3 Å². The molecule has 7 nitrogen and oxygen atoms in total. The Kier molecular flexibility index (Phi) is 5.18. The summed E-state index contributed by atoms with van der Waals surface area (Å²) < 4.78 is 28.0. The zero-order chi connectivity index (χ0) is 17.7. The molecule has 24 heavy (non-hydrogen) atoms. The summed E-state index contributed by atoms with van der Waals surface area (Å²) in [6.45, 7) is 2.17. The van der Waals surface area contributed by atoms with E-state index in [2.05, 4.69) is 5.32 Å². The van der Waals surface area contributed by atoms with Crippen LogP contribution in [0.15, 0.2) is 51.3 Å². The predicted octanol–water partition coefficient (Wildman–Crippen LogP) is 1.64. The number of nitriles is 1. The van der Waals surface area contributed by atoms with Crippen LogP contribution in [0.3, 0.4) is 0 Å². The number of nitrogens with one attached hydrogen (secondary N) is 1. The molecule has 0 radical (unpaired) electrons. The molecule has 8 heteroatoms. The molecule has 0 spiro atoms. The Hall–Kier alpha value is -2.89. The molecule has 0 bridgehead atoms. The smallest absolute Gasteiger partial charge is 0.262 e. The first-order valence-corrected chi connectivity index (χ1v) is 8.53. The van der Waals surface area contributed by atoms with Crippen molar-refractivity contribution >= 4 is 22.0 Å². The first-order chi connectivity index (χ1) is 11.3. The number of furan rings is 1. The van der Waals surface area contributed by atoms with Gasteiger partial charge in [0, 0.05) is 18.2 Å². The van der Waals surface area contributed by atoms with Crippen molar-refractivity contribution in [2.45, 2.75) is 11.8 Å². The van der Waals surface area contributed by atoms with Gasteiger partial charge in [0.15, 0.2) is 0 Å². The molecular weight excluding hydrogens is 330 g/mol. The van der Waals surface area contributed by atoms with Crippen LogP contribution in [0.25, 0.3) is 17.4 Å². The summed E-state index contributed by atoms with van der Waals surface area (Å²) in [5.74, 6) is 0.328. The van der Waals surface area contributed by atoms with E-state index in [-0.39, 0.29) is 10.5 Å². The number of primary sulfonamides is 1. The van der Waals surface area contributed by atoms with E-state index >= 15 is 0 Å². The van der Waals surface area contributed by atoms with E-state index in [0.29, 0.717) is 23.6 Å². The average molecular weight is 345 g/mol. The lowest BCUT2D eigenvalue weighted by molar-refractivity contribution is -0.116. The summed E-state index contributed by atoms with van der Waals surface area (Å²) in [5, 5.41) is 16.6. The molecule has 1 aromatic carbocycles. The maximum Gasteiger partial charge on any atom is 0.262 e. The highest BCUT2D eigenvalue weighted by molar-refractivity contribution is 7.89. The number of hydrogen-bond acceptors (Lipinski definition) is 5. The number of amides is 1. The highest BCUT2D eigenvalue weighted by Crippen LogP contribution is 2.24. The first kappa shape index (κ1) is 17.5. The Morgan fingerprint density at radius 2 is 1.96 bits per heavy atom. The van der Waals surface area contributed by atoms with Gasteiger partial charge in [-0.2, -0.15) is 5.26 Å². The number of nitrogens with zero attached hydrogens (tertiary/aromatic N) is 1. The number of rotatable bonds is 5. The van der Waals surface area contributed by atoms with Crippen molar-refractivity contribution < 1.29 is 17.6 Å². The maximum atomic E-state index is 11.7. The fourth-order valence-electron chi connectivity index (χ4n) is 1.94. The predicted molar refractivity (Wildman–Crippen MR) is 87.8 cm³/mol. The van der Waals surface area contributed by atoms with Crippen LogP contribution in [-0.4, -0.2) is 20.9 Å². The fraction of sp³-hybridized carbons (Fsp3) is 0.125. The van der Waals surface area contributed by atoms with E-state index in [1.165, 1.54) is 18.2 Å². The molecule has 124 valence electrons. The standard InChI is InChI=1S/C16H15N3O4S/c1-2-19-16(20)12(10-17)9-13-5-8-15(23-13)11-3-6-14(7-4-11)24(18,21)22/h3-9H,2H2,1H3,(H,19,20)(H2,18,21,22)/b12-9+. The summed E-state index contributed by atoms with van der Waals surface area (Å²) >= 11 is 0. The highest BCUT2D eigenvalue weighted by Gasteiger charge is 2.11. The Bertz CT molecular complexity index is 919. The van der Waals surface area contributed by atoms with Crippen LogP contribution < -0.4 is 10.5 Å². The van der Waals surface area contributed by atoms with Crippen LogP contribution in [-0.2, 0) is 14.8 Å². The molecule has 2 aromatic rings. The molecule has 0 saturated heterocycles. The van der Waals surface area contributed by atoms with Gasteiger partial charge < -0.3 is 9.73 Å². The van der Waals surface area contributed by atoms with E-state index in [1.54, 1.807) is 31.2 Å². The molecule has 1 heterocycles. The van der Waals surface area contributed by atoms with Gasteiger partial charge in [-0.3, -0.25) is 4.79 Å². The number of carbonyl (C=O) groups excluding carboxylic acids is 1. The number of sulfonamides is 1. The van der Waals surface area contributed by atoms with Gasteiger partial charge in [0.1, 0.15) is 23.2 Å². The Balaban J connectivity index is 2.28. The molecule has 0 fully saturated rings. The van der Waals surface area contributed by atoms with Gasteiger partial charge in [0.2, 0.25) is 10.0 Å². The summed E-state index contributed by atoms with van der Waals surface area (Å²) in [6.07, 6.45) is 1.34. The molecule has 1 amide bonds. The second-order valence-electron chi connectivity index (χ2n) is 4.80. The van der Waals surface area contributed by atoms with Crippen molar-refractivity contribution in [3.8, 4) is 17.4 Å². The monoisotopic (exact) mass is 345 g/mol. The average Bonchev–Trinajstić information content (AvgIpc) is 3.00. The van der Waals surface area contributed by atoms with Gasteiger partial charge in [0.05, 0.1) is 4.90 Å². The zero-order valence-corrected chi connectivity index (χ0v) is 13.6. The summed E-state index contributed by atoms with van der Waals surface area (Å²) in [5.41, 5.74) is 0.570. The molecule has 0 aliphatic rings. The number of hydrogen-bond donors (Lipinski definition) is 2. The minimum absolute atomic E-state index is 0.000860. The van der Waals surface area contributed by atoms with Gasteiger partial charge in [-0.1, -0.05) is 0 Å². The van der Waals surface area contributed by atoms with Crippen molar-refractivity contribution in [3.63, 3.8) is 0 Å². The van der Waals surface area contributed by atoms with Gasteiger partial charge in [-0.15, -0.1) is 0 Å². The van der Waals surface area contributed by atoms with Crippen molar-refractivity contribution in [1.29, 1.82) is 5.26 Å². The molecule has 2 rings (SSSR count). The lowest BCUT2D eigenvalue weighted by Crippen LogP contribution is -2.23. The molecule has 0 aliphatic carbocycles. The maximum absolute atomic E-state index is 11.7. The van der Waals surface area contributed by atoms with E-state index < -0.39 is 15.9 Å². The quantitative estimate of drug-likeness (QED) is 0.629. The third kappa shape index (κ3) is 4.10. The third-order valence-electron chi connectivity index (χ3n) is 3.08. The zero-order valence-electron chi connectivity index (χ0n) is 12.8. The molecule has 1 aromatic heterocycles. The second-order valence-corrected chi connectivity index (χ2v) is 6.36. The Morgan fingerprint density at radius 1 is 1.29 bits per heavy atom. The van der Waals surface area contributed by atoms with Crippen LogP contribution in [0.1, 0.15) is 12.7 Å². The molecule has 0 aliphatic heterocycles. The van der Waals surface area contributed by atoms with Crippen LogP contribution in [0.4, 0.5) is 0 Å². The van der Waals surface area contributed by atoms with E-state index in [1.807, 2.05) is 6.07 Å². The Labute approximate surface area is 139 Å². The fourth-order valence-corrected chi connectivity index (χ4v) is 2.46. The lowest BCUT2D eigenvalue weighted by Gasteiger charge is -2.00. The minimum atomic E-state index is -3.75. The van der Waals surface area contributed by atoms with Crippen LogP contribution in [0.2, 0.25) is 0 Å². The van der Waals surface area contributed by atoms with Crippen LogP contribution in [0, 0.1) is 11.3 Å². The summed E-state index contributed by atoms with van der Waals surface area (Å²) in [6, 6.07) is 10.9. The highest BCUT2D eigenvalue weighted by atomic mass is 32.2. The SMILES string of the molecule is CCNC(=O)/C(C#N)=C/c1ccc(-c2ccc(S(N)(=O)=O)cc2)o1.